The van der Waals surface area contributed by atoms with Gasteiger partial charge in [0.05, 0.1) is 10.3 Å². The summed E-state index contributed by atoms with van der Waals surface area (Å²) in [6, 6.07) is 1.48. The minimum Gasteiger partial charge on any atom is -0.366 e. The molecule has 2 aromatic heterocycles. The lowest BCUT2D eigenvalue weighted by Gasteiger charge is -1.96. The number of aromatic nitrogens is 1. The number of amides is 2. The number of thiophene rings is 1. The Balaban J connectivity index is 2.72. The summed E-state index contributed by atoms with van der Waals surface area (Å²) in [7, 11) is 0. The van der Waals surface area contributed by atoms with E-state index in [-0.39, 0.29) is 5.69 Å². The van der Waals surface area contributed by atoms with Crippen LogP contribution in [0.3, 0.4) is 0 Å². The molecule has 0 aliphatic heterocycles. The van der Waals surface area contributed by atoms with Crippen LogP contribution in [0.2, 0.25) is 0 Å². The standard InChI is InChI=1S/C9H7N3O2S/c10-8(13)5-3-15-7-2-12-6(9(11)14)1-4(5)7/h1-3H,(H2,10,13)(H2,11,14). The van der Waals surface area contributed by atoms with Crippen LogP contribution >= 0.6 is 11.3 Å². The van der Waals surface area contributed by atoms with Gasteiger partial charge in [-0.3, -0.25) is 9.59 Å². The van der Waals surface area contributed by atoms with E-state index >= 15 is 0 Å². The first-order valence-corrected chi connectivity index (χ1v) is 4.94. The van der Waals surface area contributed by atoms with Crippen molar-refractivity contribution < 1.29 is 9.59 Å². The van der Waals surface area contributed by atoms with E-state index in [4.69, 9.17) is 11.5 Å². The van der Waals surface area contributed by atoms with Gasteiger partial charge in [0.15, 0.2) is 0 Å². The molecule has 2 rings (SSSR count). The Hall–Kier alpha value is -1.95. The summed E-state index contributed by atoms with van der Waals surface area (Å²) in [5.74, 6) is -1.15. The van der Waals surface area contributed by atoms with Gasteiger partial charge in [0, 0.05) is 17.0 Å². The van der Waals surface area contributed by atoms with Crippen molar-refractivity contribution in [3.05, 3.63) is 28.9 Å². The molecule has 0 bridgehead atoms. The minimum atomic E-state index is -0.626. The van der Waals surface area contributed by atoms with Gasteiger partial charge in [-0.2, -0.15) is 0 Å². The van der Waals surface area contributed by atoms with Crippen LogP contribution in [-0.4, -0.2) is 16.8 Å². The number of rotatable bonds is 2. The van der Waals surface area contributed by atoms with Crippen molar-refractivity contribution in [1.29, 1.82) is 0 Å². The predicted octanol–water partition coefficient (Wildman–Crippen LogP) is 0.494. The molecule has 2 amide bonds. The summed E-state index contributed by atoms with van der Waals surface area (Å²) in [5.41, 5.74) is 10.8. The Morgan fingerprint density at radius 2 is 2.00 bits per heavy atom. The zero-order chi connectivity index (χ0) is 11.0. The first-order valence-electron chi connectivity index (χ1n) is 4.06. The number of carbonyl (C=O) groups is 2. The molecule has 6 heteroatoms. The highest BCUT2D eigenvalue weighted by Gasteiger charge is 2.11. The molecule has 0 fully saturated rings. The third-order valence-electron chi connectivity index (χ3n) is 1.98. The van der Waals surface area contributed by atoms with Crippen LogP contribution in [0.15, 0.2) is 17.6 Å². The molecule has 0 radical (unpaired) electrons. The molecule has 0 unspecified atom stereocenters. The Morgan fingerprint density at radius 1 is 1.27 bits per heavy atom. The number of primary amides is 2. The maximum atomic E-state index is 11.0. The highest BCUT2D eigenvalue weighted by Crippen LogP contribution is 2.25. The Morgan fingerprint density at radius 3 is 2.60 bits per heavy atom. The zero-order valence-electron chi connectivity index (χ0n) is 7.56. The maximum Gasteiger partial charge on any atom is 0.267 e. The maximum absolute atomic E-state index is 11.0. The van der Waals surface area contributed by atoms with Gasteiger partial charge in [-0.05, 0) is 6.07 Å². The van der Waals surface area contributed by atoms with Crippen molar-refractivity contribution in [3.63, 3.8) is 0 Å². The molecule has 76 valence electrons. The molecule has 0 saturated heterocycles. The average molecular weight is 221 g/mol. The lowest BCUT2D eigenvalue weighted by Crippen LogP contribution is -2.13. The molecule has 4 N–H and O–H groups in total. The van der Waals surface area contributed by atoms with Gasteiger partial charge >= 0.3 is 0 Å². The van der Waals surface area contributed by atoms with Crippen LogP contribution in [0.1, 0.15) is 20.8 Å². The van der Waals surface area contributed by atoms with Crippen LogP contribution in [0.5, 0.6) is 0 Å². The number of hydrogen-bond donors (Lipinski definition) is 2. The largest absolute Gasteiger partial charge is 0.366 e. The van der Waals surface area contributed by atoms with Gasteiger partial charge in [-0.15, -0.1) is 11.3 Å². The van der Waals surface area contributed by atoms with E-state index < -0.39 is 11.8 Å². The smallest absolute Gasteiger partial charge is 0.267 e. The number of hydrogen-bond acceptors (Lipinski definition) is 4. The molecular formula is C9H7N3O2S. The third kappa shape index (κ3) is 1.55. The van der Waals surface area contributed by atoms with E-state index in [9.17, 15) is 9.59 Å². The second-order valence-electron chi connectivity index (χ2n) is 2.94. The SMILES string of the molecule is NC(=O)c1cc2c(C(N)=O)csc2cn1. The second kappa shape index (κ2) is 3.32. The van der Waals surface area contributed by atoms with Crippen molar-refractivity contribution in [1.82, 2.24) is 4.98 Å². The van der Waals surface area contributed by atoms with Crippen LogP contribution in [0.4, 0.5) is 0 Å². The molecule has 0 saturated carbocycles. The number of nitrogens with two attached hydrogens (primary N) is 2. The lowest BCUT2D eigenvalue weighted by atomic mass is 10.2. The number of fused-ring (bicyclic) bond motifs is 1. The van der Waals surface area contributed by atoms with Crippen molar-refractivity contribution in [3.8, 4) is 0 Å². The van der Waals surface area contributed by atoms with E-state index in [1.54, 1.807) is 5.38 Å². The number of nitrogens with zero attached hydrogens (tertiary/aromatic N) is 1. The van der Waals surface area contributed by atoms with Crippen molar-refractivity contribution in [2.24, 2.45) is 11.5 Å². The summed E-state index contributed by atoms with van der Waals surface area (Å²) in [4.78, 5) is 25.8. The summed E-state index contributed by atoms with van der Waals surface area (Å²) < 4.78 is 0.800. The first-order chi connectivity index (χ1) is 7.09. The predicted molar refractivity (Wildman–Crippen MR) is 56.7 cm³/mol. The molecular weight excluding hydrogens is 214 g/mol. The summed E-state index contributed by atoms with van der Waals surface area (Å²) in [6.07, 6.45) is 1.51. The quantitative estimate of drug-likeness (QED) is 0.772. The molecule has 0 aliphatic carbocycles. The van der Waals surface area contributed by atoms with Gasteiger partial charge in [-0.25, -0.2) is 4.98 Å². The van der Waals surface area contributed by atoms with Crippen LogP contribution in [0.25, 0.3) is 10.1 Å². The zero-order valence-corrected chi connectivity index (χ0v) is 8.38. The Bertz CT molecular complexity index is 561. The first kappa shape index (κ1) is 9.60. The molecule has 2 heterocycles. The van der Waals surface area contributed by atoms with E-state index in [0.717, 1.165) is 4.70 Å². The van der Waals surface area contributed by atoms with Crippen molar-refractivity contribution in [2.45, 2.75) is 0 Å². The molecule has 2 aromatic rings. The van der Waals surface area contributed by atoms with E-state index in [2.05, 4.69) is 4.98 Å². The minimum absolute atomic E-state index is 0.128. The van der Waals surface area contributed by atoms with E-state index in [1.807, 2.05) is 0 Å². The topological polar surface area (TPSA) is 99.1 Å². The monoisotopic (exact) mass is 221 g/mol. The van der Waals surface area contributed by atoms with Crippen molar-refractivity contribution in [2.75, 3.05) is 0 Å². The normalized spacial score (nSPS) is 10.4. The Labute approximate surface area is 88.7 Å². The highest BCUT2D eigenvalue weighted by atomic mass is 32.1. The molecule has 0 aromatic carbocycles. The van der Waals surface area contributed by atoms with Gasteiger partial charge in [0.25, 0.3) is 5.91 Å². The van der Waals surface area contributed by atoms with Gasteiger partial charge < -0.3 is 11.5 Å². The summed E-state index contributed by atoms with van der Waals surface area (Å²) in [5, 5.41) is 2.26. The highest BCUT2D eigenvalue weighted by molar-refractivity contribution is 7.17. The lowest BCUT2D eigenvalue weighted by molar-refractivity contribution is 0.0988. The van der Waals surface area contributed by atoms with Crippen molar-refractivity contribution >= 4 is 33.2 Å². The average Bonchev–Trinajstić information content (AvgIpc) is 2.59. The fourth-order valence-electron chi connectivity index (χ4n) is 1.26. The van der Waals surface area contributed by atoms with E-state index in [0.29, 0.717) is 10.9 Å². The molecule has 5 nitrogen and oxygen atoms in total. The summed E-state index contributed by atoms with van der Waals surface area (Å²) >= 11 is 1.35. The molecule has 0 aliphatic rings. The molecule has 0 spiro atoms. The summed E-state index contributed by atoms with van der Waals surface area (Å²) in [6.45, 7) is 0. The van der Waals surface area contributed by atoms with Gasteiger partial charge in [-0.1, -0.05) is 0 Å². The fourth-order valence-corrected chi connectivity index (χ4v) is 2.16. The number of pyridine rings is 1. The Kier molecular flexibility index (Phi) is 2.12. The second-order valence-corrected chi connectivity index (χ2v) is 3.85. The molecule has 0 atom stereocenters. The molecule has 15 heavy (non-hydrogen) atoms. The van der Waals surface area contributed by atoms with Crippen LogP contribution in [0, 0.1) is 0 Å². The van der Waals surface area contributed by atoms with Gasteiger partial charge in [0.2, 0.25) is 5.91 Å². The fraction of sp³-hybridized carbons (Fsp3) is 0. The van der Waals surface area contributed by atoms with Crippen LogP contribution in [-0.2, 0) is 0 Å². The van der Waals surface area contributed by atoms with Gasteiger partial charge in [0.1, 0.15) is 5.69 Å². The third-order valence-corrected chi connectivity index (χ3v) is 2.91. The van der Waals surface area contributed by atoms with E-state index in [1.165, 1.54) is 23.6 Å². The van der Waals surface area contributed by atoms with Crippen LogP contribution < -0.4 is 11.5 Å². The number of carbonyl (C=O) groups excluding carboxylic acids is 2.